The predicted octanol–water partition coefficient (Wildman–Crippen LogP) is 1.84. The summed E-state index contributed by atoms with van der Waals surface area (Å²) in [5.74, 6) is 0.374. The Kier molecular flexibility index (Phi) is 3.22. The number of aromatic nitrogens is 3. The molecule has 0 atom stereocenters. The van der Waals surface area contributed by atoms with Crippen LogP contribution in [-0.2, 0) is 4.74 Å². The molecule has 3 rings (SSSR count). The van der Waals surface area contributed by atoms with E-state index in [1.54, 1.807) is 13.2 Å². The largest absolute Gasteiger partial charge is 0.487 e. The molecule has 0 bridgehead atoms. The number of hydrogen-bond acceptors (Lipinski definition) is 7. The Labute approximate surface area is 123 Å². The molecule has 0 aliphatic heterocycles. The first-order chi connectivity index (χ1) is 10.1. The molecule has 108 valence electrons. The molecule has 0 fully saturated rings. The minimum atomic E-state index is -0.466. The van der Waals surface area contributed by atoms with Crippen LogP contribution in [0.2, 0.25) is 0 Å². The van der Waals surface area contributed by atoms with Crippen molar-refractivity contribution in [2.24, 2.45) is 0 Å². The average Bonchev–Trinajstić information content (AvgIpc) is 3.12. The zero-order valence-corrected chi connectivity index (χ0v) is 12.2. The van der Waals surface area contributed by atoms with Crippen LogP contribution in [0, 0.1) is 0 Å². The van der Waals surface area contributed by atoms with E-state index in [4.69, 9.17) is 10.5 Å². The van der Waals surface area contributed by atoms with Crippen molar-refractivity contribution < 1.29 is 14.3 Å². The number of nitrogen functional groups attached to an aromatic ring is 1. The van der Waals surface area contributed by atoms with Gasteiger partial charge < -0.3 is 15.2 Å². The van der Waals surface area contributed by atoms with Gasteiger partial charge in [-0.2, -0.15) is 4.52 Å². The maximum absolute atomic E-state index is 11.6. The number of methoxy groups -OCH3 is 2. The number of carbonyl (C=O) groups excluding carboxylic acids is 1. The molecule has 0 saturated heterocycles. The van der Waals surface area contributed by atoms with Crippen molar-refractivity contribution in [2.45, 2.75) is 0 Å². The number of pyridine rings is 1. The fourth-order valence-electron chi connectivity index (χ4n) is 1.90. The molecule has 0 aliphatic carbocycles. The number of thiophene rings is 1. The number of rotatable bonds is 3. The van der Waals surface area contributed by atoms with Gasteiger partial charge in [-0.15, -0.1) is 5.10 Å². The average molecular weight is 304 g/mol. The third kappa shape index (κ3) is 2.29. The third-order valence-corrected chi connectivity index (χ3v) is 3.93. The first-order valence-electron chi connectivity index (χ1n) is 6.01. The lowest BCUT2D eigenvalue weighted by atomic mass is 10.2. The Morgan fingerprint density at radius 2 is 2.14 bits per heavy atom. The summed E-state index contributed by atoms with van der Waals surface area (Å²) in [5, 5.41) is 5.11. The highest BCUT2D eigenvalue weighted by molar-refractivity contribution is 7.17. The Hall–Kier alpha value is -2.61. The molecular formula is C13H12N4O3S. The lowest BCUT2D eigenvalue weighted by Crippen LogP contribution is -2.06. The smallest absolute Gasteiger partial charge is 0.338 e. The lowest BCUT2D eigenvalue weighted by molar-refractivity contribution is 0.0601. The molecule has 0 aromatic carbocycles. The molecule has 3 heterocycles. The number of fused-ring (bicyclic) bond motifs is 1. The molecule has 21 heavy (non-hydrogen) atoms. The van der Waals surface area contributed by atoms with Gasteiger partial charge in [0.15, 0.2) is 16.5 Å². The maximum atomic E-state index is 11.6. The van der Waals surface area contributed by atoms with E-state index in [2.05, 4.69) is 14.8 Å². The summed E-state index contributed by atoms with van der Waals surface area (Å²) < 4.78 is 11.3. The van der Waals surface area contributed by atoms with Gasteiger partial charge in [0, 0.05) is 0 Å². The Bertz CT molecular complexity index is 824. The van der Waals surface area contributed by atoms with Gasteiger partial charge in [0.25, 0.3) is 0 Å². The molecule has 0 saturated carbocycles. The minimum Gasteiger partial charge on any atom is -0.487 e. The van der Waals surface area contributed by atoms with Crippen molar-refractivity contribution in [2.75, 3.05) is 20.0 Å². The number of carbonyl (C=O) groups is 1. The lowest BCUT2D eigenvalue weighted by Gasteiger charge is -2.01. The van der Waals surface area contributed by atoms with E-state index in [9.17, 15) is 4.79 Å². The van der Waals surface area contributed by atoms with Gasteiger partial charge in [-0.25, -0.2) is 9.78 Å². The second-order valence-corrected chi connectivity index (χ2v) is 5.24. The van der Waals surface area contributed by atoms with Crippen LogP contribution in [0.4, 0.5) is 5.82 Å². The molecule has 0 radical (unpaired) electrons. The molecule has 2 N–H and O–H groups in total. The van der Waals surface area contributed by atoms with Crippen LogP contribution in [0.3, 0.4) is 0 Å². The van der Waals surface area contributed by atoms with E-state index >= 15 is 0 Å². The first-order valence-corrected chi connectivity index (χ1v) is 6.83. The SMILES string of the molecule is COC(=O)c1cc(N)n2nc(-c3ccc(OC)s3)nc2c1. The number of hydrogen-bond donors (Lipinski definition) is 1. The quantitative estimate of drug-likeness (QED) is 0.742. The summed E-state index contributed by atoms with van der Waals surface area (Å²) >= 11 is 1.43. The molecule has 0 unspecified atom stereocenters. The molecule has 0 spiro atoms. The van der Waals surface area contributed by atoms with E-state index < -0.39 is 5.97 Å². The number of anilines is 1. The van der Waals surface area contributed by atoms with E-state index in [-0.39, 0.29) is 0 Å². The van der Waals surface area contributed by atoms with Crippen molar-refractivity contribution in [1.82, 2.24) is 14.6 Å². The monoisotopic (exact) mass is 304 g/mol. The van der Waals surface area contributed by atoms with E-state index in [1.807, 2.05) is 12.1 Å². The van der Waals surface area contributed by atoms with Crippen LogP contribution in [0.1, 0.15) is 10.4 Å². The Morgan fingerprint density at radius 3 is 2.81 bits per heavy atom. The molecule has 7 nitrogen and oxygen atoms in total. The Morgan fingerprint density at radius 1 is 1.33 bits per heavy atom. The van der Waals surface area contributed by atoms with E-state index in [0.717, 1.165) is 9.94 Å². The fraction of sp³-hybridized carbons (Fsp3) is 0.154. The maximum Gasteiger partial charge on any atom is 0.338 e. The highest BCUT2D eigenvalue weighted by Crippen LogP contribution is 2.31. The summed E-state index contributed by atoms with van der Waals surface area (Å²) in [5.41, 5.74) is 6.73. The van der Waals surface area contributed by atoms with Crippen molar-refractivity contribution in [3.05, 3.63) is 29.8 Å². The normalized spacial score (nSPS) is 10.8. The van der Waals surface area contributed by atoms with Gasteiger partial charge in [0.1, 0.15) is 5.82 Å². The van der Waals surface area contributed by atoms with Gasteiger partial charge in [-0.05, 0) is 24.3 Å². The molecule has 0 amide bonds. The van der Waals surface area contributed by atoms with Crippen LogP contribution in [0.15, 0.2) is 24.3 Å². The van der Waals surface area contributed by atoms with E-state index in [0.29, 0.717) is 22.9 Å². The van der Waals surface area contributed by atoms with Crippen LogP contribution in [0.25, 0.3) is 16.3 Å². The van der Waals surface area contributed by atoms with Crippen LogP contribution in [0.5, 0.6) is 5.06 Å². The van der Waals surface area contributed by atoms with Gasteiger partial charge in [0.05, 0.1) is 24.7 Å². The zero-order chi connectivity index (χ0) is 15.0. The first kappa shape index (κ1) is 13.4. The van der Waals surface area contributed by atoms with Gasteiger partial charge in [-0.1, -0.05) is 11.3 Å². The highest BCUT2D eigenvalue weighted by Gasteiger charge is 2.14. The highest BCUT2D eigenvalue weighted by atomic mass is 32.1. The van der Waals surface area contributed by atoms with Gasteiger partial charge >= 0.3 is 5.97 Å². The summed E-state index contributed by atoms with van der Waals surface area (Å²) in [6, 6.07) is 6.81. The van der Waals surface area contributed by atoms with Crippen molar-refractivity contribution >= 4 is 28.8 Å². The van der Waals surface area contributed by atoms with Crippen LogP contribution < -0.4 is 10.5 Å². The molecule has 8 heteroatoms. The molecule has 3 aromatic rings. The van der Waals surface area contributed by atoms with Crippen molar-refractivity contribution in [1.29, 1.82) is 0 Å². The topological polar surface area (TPSA) is 91.7 Å². The van der Waals surface area contributed by atoms with E-state index in [1.165, 1.54) is 29.0 Å². The van der Waals surface area contributed by atoms with Crippen molar-refractivity contribution in [3.63, 3.8) is 0 Å². The number of ether oxygens (including phenoxy) is 2. The Balaban J connectivity index is 2.11. The standard InChI is InChI=1S/C13H12N4O3S/c1-19-11-4-3-8(21-11)12-15-10-6-7(13(18)20-2)5-9(14)17(10)16-12/h3-6H,14H2,1-2H3. The molecule has 0 aliphatic rings. The second kappa shape index (κ2) is 5.06. The fourth-order valence-corrected chi connectivity index (χ4v) is 2.65. The van der Waals surface area contributed by atoms with Crippen LogP contribution in [-0.4, -0.2) is 34.8 Å². The second-order valence-electron chi connectivity index (χ2n) is 4.19. The predicted molar refractivity (Wildman–Crippen MR) is 78.6 cm³/mol. The number of esters is 1. The summed E-state index contributed by atoms with van der Waals surface area (Å²) in [6.07, 6.45) is 0. The zero-order valence-electron chi connectivity index (χ0n) is 11.4. The van der Waals surface area contributed by atoms with Crippen LogP contribution >= 0.6 is 11.3 Å². The van der Waals surface area contributed by atoms with Gasteiger partial charge in [-0.3, -0.25) is 0 Å². The number of nitrogens with two attached hydrogens (primary N) is 1. The third-order valence-electron chi connectivity index (χ3n) is 2.89. The molecular weight excluding hydrogens is 292 g/mol. The molecule has 3 aromatic heterocycles. The minimum absolute atomic E-state index is 0.315. The summed E-state index contributed by atoms with van der Waals surface area (Å²) in [4.78, 5) is 16.8. The number of nitrogens with zero attached hydrogens (tertiary/aromatic N) is 3. The van der Waals surface area contributed by atoms with Gasteiger partial charge in [0.2, 0.25) is 0 Å². The van der Waals surface area contributed by atoms with Crippen molar-refractivity contribution in [3.8, 4) is 15.8 Å². The summed E-state index contributed by atoms with van der Waals surface area (Å²) in [7, 11) is 2.92. The summed E-state index contributed by atoms with van der Waals surface area (Å²) in [6.45, 7) is 0.